The molecule has 2 N–H and O–H groups in total. The predicted octanol–water partition coefficient (Wildman–Crippen LogP) is 2.63. The maximum atomic E-state index is 14.1. The first kappa shape index (κ1) is 17.3. The van der Waals surface area contributed by atoms with Gasteiger partial charge in [-0.3, -0.25) is 14.4 Å². The molecule has 0 aliphatic carbocycles. The normalized spacial score (nSPS) is 10.5. The highest BCUT2D eigenvalue weighted by Gasteiger charge is 2.14. The van der Waals surface area contributed by atoms with Gasteiger partial charge >= 0.3 is 5.97 Å². The highest BCUT2D eigenvalue weighted by molar-refractivity contribution is 6.05. The summed E-state index contributed by atoms with van der Waals surface area (Å²) in [4.78, 5) is 38.3. The van der Waals surface area contributed by atoms with Crippen molar-refractivity contribution in [3.8, 4) is 0 Å². The number of hydrogen-bond acceptors (Lipinski definition) is 4. The number of hydrogen-bond donors (Lipinski definition) is 2. The van der Waals surface area contributed by atoms with Crippen LogP contribution in [0.15, 0.2) is 53.3 Å². The molecule has 1 aromatic heterocycles. The molecule has 7 heteroatoms. The first-order chi connectivity index (χ1) is 12.5. The number of pyridine rings is 1. The van der Waals surface area contributed by atoms with Crippen LogP contribution in [0.1, 0.15) is 15.9 Å². The standard InChI is InChI=1S/C19H15FN2O4/c1-26-17(23)9-11-6-7-13(10-15(11)20)21-18(24)14-8-12-4-2-3-5-16(12)22-19(14)25/h2-8,10H,9H2,1H3,(H,21,24)(H,22,25). The molecule has 2 aromatic carbocycles. The van der Waals surface area contributed by atoms with Crippen LogP contribution in [0.5, 0.6) is 0 Å². The number of methoxy groups -OCH3 is 1. The number of fused-ring (bicyclic) bond motifs is 1. The average Bonchev–Trinajstić information content (AvgIpc) is 2.63. The van der Waals surface area contributed by atoms with Gasteiger partial charge in [0.1, 0.15) is 11.4 Å². The lowest BCUT2D eigenvalue weighted by atomic mass is 10.1. The first-order valence-corrected chi connectivity index (χ1v) is 7.76. The van der Waals surface area contributed by atoms with Gasteiger partial charge in [-0.05, 0) is 35.2 Å². The van der Waals surface area contributed by atoms with Crippen molar-refractivity contribution in [2.24, 2.45) is 0 Å². The zero-order valence-electron chi connectivity index (χ0n) is 13.8. The van der Waals surface area contributed by atoms with Gasteiger partial charge in [0.05, 0.1) is 13.5 Å². The Labute approximate surface area is 147 Å². The van der Waals surface area contributed by atoms with Crippen LogP contribution < -0.4 is 10.9 Å². The fourth-order valence-electron chi connectivity index (χ4n) is 2.51. The molecule has 0 unspecified atom stereocenters. The molecule has 6 nitrogen and oxygen atoms in total. The molecular weight excluding hydrogens is 339 g/mol. The number of nitrogens with one attached hydrogen (secondary N) is 2. The van der Waals surface area contributed by atoms with E-state index in [1.807, 2.05) is 0 Å². The molecule has 0 aliphatic rings. The van der Waals surface area contributed by atoms with Crippen molar-refractivity contribution < 1.29 is 18.7 Å². The molecule has 0 saturated carbocycles. The highest BCUT2D eigenvalue weighted by Crippen LogP contribution is 2.17. The second kappa shape index (κ2) is 7.18. The van der Waals surface area contributed by atoms with Crippen LogP contribution in [0.3, 0.4) is 0 Å². The summed E-state index contributed by atoms with van der Waals surface area (Å²) < 4.78 is 18.6. The number of H-pyrrole nitrogens is 1. The number of ether oxygens (including phenoxy) is 1. The topological polar surface area (TPSA) is 88.3 Å². The van der Waals surface area contributed by atoms with Crippen molar-refractivity contribution in [3.63, 3.8) is 0 Å². The molecule has 0 spiro atoms. The zero-order chi connectivity index (χ0) is 18.7. The molecule has 132 valence electrons. The number of benzene rings is 2. The largest absolute Gasteiger partial charge is 0.469 e. The van der Waals surface area contributed by atoms with Gasteiger partial charge in [-0.25, -0.2) is 4.39 Å². The van der Waals surface area contributed by atoms with Gasteiger partial charge in [-0.15, -0.1) is 0 Å². The summed E-state index contributed by atoms with van der Waals surface area (Å²) in [6.45, 7) is 0. The van der Waals surface area contributed by atoms with Crippen molar-refractivity contribution in [2.45, 2.75) is 6.42 Å². The van der Waals surface area contributed by atoms with Crippen molar-refractivity contribution in [1.82, 2.24) is 4.98 Å². The lowest BCUT2D eigenvalue weighted by Gasteiger charge is -2.08. The number of rotatable bonds is 4. The summed E-state index contributed by atoms with van der Waals surface area (Å²) >= 11 is 0. The molecule has 3 rings (SSSR count). The fourth-order valence-corrected chi connectivity index (χ4v) is 2.51. The van der Waals surface area contributed by atoms with E-state index in [1.54, 1.807) is 24.3 Å². The molecule has 3 aromatic rings. The second-order valence-corrected chi connectivity index (χ2v) is 5.61. The number of halogens is 1. The van der Waals surface area contributed by atoms with Crippen molar-refractivity contribution in [3.05, 3.63) is 75.8 Å². The van der Waals surface area contributed by atoms with E-state index in [9.17, 15) is 18.8 Å². The molecular formula is C19H15FN2O4. The predicted molar refractivity (Wildman–Crippen MR) is 94.6 cm³/mol. The monoisotopic (exact) mass is 354 g/mol. The molecule has 0 fully saturated rings. The number of carbonyl (C=O) groups excluding carboxylic acids is 2. The third-order valence-electron chi connectivity index (χ3n) is 3.87. The average molecular weight is 354 g/mol. The molecule has 1 heterocycles. The second-order valence-electron chi connectivity index (χ2n) is 5.61. The minimum atomic E-state index is -0.655. The summed E-state index contributed by atoms with van der Waals surface area (Å²) in [5.41, 5.74) is 0.325. The number of para-hydroxylation sites is 1. The lowest BCUT2D eigenvalue weighted by molar-refractivity contribution is -0.139. The summed E-state index contributed by atoms with van der Waals surface area (Å²) in [6, 6.07) is 12.5. The van der Waals surface area contributed by atoms with Gasteiger partial charge in [0.25, 0.3) is 11.5 Å². The number of esters is 1. The van der Waals surface area contributed by atoms with Crippen LogP contribution in [0.25, 0.3) is 10.9 Å². The van der Waals surface area contributed by atoms with E-state index in [0.717, 1.165) is 6.07 Å². The van der Waals surface area contributed by atoms with Crippen molar-refractivity contribution >= 4 is 28.5 Å². The van der Waals surface area contributed by atoms with Crippen LogP contribution in [-0.4, -0.2) is 24.0 Å². The van der Waals surface area contributed by atoms with Crippen LogP contribution in [-0.2, 0) is 16.0 Å². The van der Waals surface area contributed by atoms with Crippen molar-refractivity contribution in [1.29, 1.82) is 0 Å². The van der Waals surface area contributed by atoms with Gasteiger partial charge in [-0.1, -0.05) is 24.3 Å². The SMILES string of the molecule is COC(=O)Cc1ccc(NC(=O)c2cc3ccccc3[nH]c2=O)cc1F. The Balaban J connectivity index is 1.84. The van der Waals surface area contributed by atoms with Gasteiger partial charge < -0.3 is 15.0 Å². The zero-order valence-corrected chi connectivity index (χ0v) is 13.8. The number of anilines is 1. The van der Waals surface area contributed by atoms with E-state index in [1.165, 1.54) is 25.3 Å². The first-order valence-electron chi connectivity index (χ1n) is 7.76. The number of carbonyl (C=O) groups is 2. The Morgan fingerprint density at radius 2 is 1.92 bits per heavy atom. The van der Waals surface area contributed by atoms with Crippen molar-refractivity contribution in [2.75, 3.05) is 12.4 Å². The third-order valence-corrected chi connectivity index (χ3v) is 3.87. The smallest absolute Gasteiger partial charge is 0.310 e. The van der Waals surface area contributed by atoms with Crippen LogP contribution >= 0.6 is 0 Å². The van der Waals surface area contributed by atoms with E-state index in [4.69, 9.17) is 0 Å². The Morgan fingerprint density at radius 1 is 1.15 bits per heavy atom. The number of aromatic nitrogens is 1. The maximum absolute atomic E-state index is 14.1. The lowest BCUT2D eigenvalue weighted by Crippen LogP contribution is -2.23. The van der Waals surface area contributed by atoms with Crippen LogP contribution in [0.4, 0.5) is 10.1 Å². The number of amides is 1. The maximum Gasteiger partial charge on any atom is 0.310 e. The Kier molecular flexibility index (Phi) is 4.79. The van der Waals surface area contributed by atoms with E-state index >= 15 is 0 Å². The van der Waals surface area contributed by atoms with Gasteiger partial charge in [0.15, 0.2) is 0 Å². The molecule has 0 atom stereocenters. The molecule has 1 amide bonds. The summed E-state index contributed by atoms with van der Waals surface area (Å²) in [6.07, 6.45) is -0.207. The quantitative estimate of drug-likeness (QED) is 0.705. The Bertz CT molecular complexity index is 1060. The summed E-state index contributed by atoms with van der Waals surface area (Å²) in [7, 11) is 1.22. The van der Waals surface area contributed by atoms with Gasteiger partial charge in [0.2, 0.25) is 0 Å². The van der Waals surface area contributed by atoms with Gasteiger partial charge in [0, 0.05) is 11.2 Å². The fraction of sp³-hybridized carbons (Fsp3) is 0.105. The van der Waals surface area contributed by atoms with E-state index < -0.39 is 23.3 Å². The highest BCUT2D eigenvalue weighted by atomic mass is 19.1. The van der Waals surface area contributed by atoms with E-state index in [2.05, 4.69) is 15.0 Å². The van der Waals surface area contributed by atoms with E-state index in [0.29, 0.717) is 10.9 Å². The molecule has 0 bridgehead atoms. The minimum Gasteiger partial charge on any atom is -0.469 e. The summed E-state index contributed by atoms with van der Waals surface area (Å²) in [5.74, 6) is -1.87. The molecule has 0 aliphatic heterocycles. The summed E-state index contributed by atoms with van der Waals surface area (Å²) in [5, 5.41) is 3.19. The van der Waals surface area contributed by atoms with Crippen LogP contribution in [0.2, 0.25) is 0 Å². The van der Waals surface area contributed by atoms with Gasteiger partial charge in [-0.2, -0.15) is 0 Å². The molecule has 26 heavy (non-hydrogen) atoms. The molecule has 0 radical (unpaired) electrons. The Morgan fingerprint density at radius 3 is 2.65 bits per heavy atom. The minimum absolute atomic E-state index is 0.0808. The van der Waals surface area contributed by atoms with E-state index in [-0.39, 0.29) is 23.2 Å². The van der Waals surface area contributed by atoms with Crippen LogP contribution in [0, 0.1) is 5.82 Å². The number of aromatic amines is 1. The molecule has 0 saturated heterocycles. The Hall–Kier alpha value is -3.48. The third kappa shape index (κ3) is 3.61.